The quantitative estimate of drug-likeness (QED) is 0.932. The van der Waals surface area contributed by atoms with Gasteiger partial charge in [-0.3, -0.25) is 0 Å². The molecule has 2 atom stereocenters. The Kier molecular flexibility index (Phi) is 3.36. The van der Waals surface area contributed by atoms with Crippen LogP contribution in [0, 0.1) is 25.7 Å². The summed E-state index contributed by atoms with van der Waals surface area (Å²) < 4.78 is 9.72. The number of rotatable bonds is 3. The third-order valence-corrected chi connectivity index (χ3v) is 4.68. The lowest BCUT2D eigenvalue weighted by molar-refractivity contribution is 0.337. The van der Waals surface area contributed by atoms with E-state index in [0.29, 0.717) is 17.7 Å². The summed E-state index contributed by atoms with van der Waals surface area (Å²) in [6.07, 6.45) is 0.858. The molecule has 1 aliphatic heterocycles. The molecule has 0 saturated carbocycles. The normalized spacial score (nSPS) is 23.1. The summed E-state index contributed by atoms with van der Waals surface area (Å²) in [5.41, 5.74) is 2.00. The van der Waals surface area contributed by atoms with E-state index in [2.05, 4.69) is 26.8 Å². The molecule has 0 unspecified atom stereocenters. The molecule has 19 heavy (non-hydrogen) atoms. The van der Waals surface area contributed by atoms with Crippen LogP contribution >= 0.6 is 11.5 Å². The smallest absolute Gasteiger partial charge is 0.227 e. The van der Waals surface area contributed by atoms with Crippen molar-refractivity contribution in [1.29, 1.82) is 0 Å². The Morgan fingerprint density at radius 1 is 1.37 bits per heavy atom. The monoisotopic (exact) mass is 278 g/mol. The molecule has 6 heteroatoms. The first-order valence-corrected chi connectivity index (χ1v) is 7.39. The van der Waals surface area contributed by atoms with Gasteiger partial charge >= 0.3 is 0 Å². The van der Waals surface area contributed by atoms with Crippen LogP contribution in [-0.4, -0.2) is 27.6 Å². The second-order valence-electron chi connectivity index (χ2n) is 5.31. The predicted molar refractivity (Wildman–Crippen MR) is 74.1 cm³/mol. The van der Waals surface area contributed by atoms with Gasteiger partial charge in [0, 0.05) is 11.3 Å². The van der Waals surface area contributed by atoms with Crippen LogP contribution in [0.4, 0.5) is 0 Å². The van der Waals surface area contributed by atoms with E-state index in [-0.39, 0.29) is 0 Å². The van der Waals surface area contributed by atoms with E-state index in [1.54, 1.807) is 0 Å². The van der Waals surface area contributed by atoms with Crippen LogP contribution in [0.5, 0.6) is 0 Å². The van der Waals surface area contributed by atoms with Gasteiger partial charge in [-0.05, 0) is 50.3 Å². The van der Waals surface area contributed by atoms with Crippen molar-refractivity contribution in [3.63, 3.8) is 0 Å². The molecule has 1 fully saturated rings. The van der Waals surface area contributed by atoms with Crippen LogP contribution in [0.25, 0.3) is 11.4 Å². The van der Waals surface area contributed by atoms with Crippen molar-refractivity contribution < 1.29 is 4.52 Å². The molecule has 0 spiro atoms. The fourth-order valence-electron chi connectivity index (χ4n) is 2.60. The maximum absolute atomic E-state index is 5.40. The number of aromatic nitrogens is 3. The van der Waals surface area contributed by atoms with Gasteiger partial charge in [-0.2, -0.15) is 9.36 Å². The molecule has 0 amide bonds. The molecule has 102 valence electrons. The molecular weight excluding hydrogens is 260 g/mol. The number of nitrogens with one attached hydrogen (secondary N) is 1. The van der Waals surface area contributed by atoms with E-state index < -0.39 is 0 Å². The molecule has 1 aliphatic rings. The predicted octanol–water partition coefficient (Wildman–Crippen LogP) is 2.21. The van der Waals surface area contributed by atoms with Crippen molar-refractivity contribution in [3.8, 4) is 11.4 Å². The van der Waals surface area contributed by atoms with Crippen LogP contribution in [0.1, 0.15) is 23.4 Å². The fraction of sp³-hybridized carbons (Fsp3) is 0.615. The Labute approximate surface area is 116 Å². The van der Waals surface area contributed by atoms with Gasteiger partial charge in [-0.1, -0.05) is 12.1 Å². The van der Waals surface area contributed by atoms with Gasteiger partial charge in [0.25, 0.3) is 0 Å². The Morgan fingerprint density at radius 3 is 2.84 bits per heavy atom. The first-order valence-electron chi connectivity index (χ1n) is 6.61. The molecular formula is C13H18N4OS. The topological polar surface area (TPSA) is 63.8 Å². The van der Waals surface area contributed by atoms with E-state index in [1.807, 2.05) is 13.8 Å². The fourth-order valence-corrected chi connectivity index (χ4v) is 3.30. The van der Waals surface area contributed by atoms with E-state index in [4.69, 9.17) is 4.52 Å². The number of aryl methyl sites for hydroxylation is 2. The standard InChI is InChI=1S/C13H18N4OS/c1-7-5-14-6-10(7)4-11-15-13(16-18-11)12-8(2)17-19-9(12)3/h7,10,14H,4-6H2,1-3H3/t7-,10-/m1/s1. The van der Waals surface area contributed by atoms with Crippen LogP contribution in [0.3, 0.4) is 0 Å². The maximum atomic E-state index is 5.40. The Morgan fingerprint density at radius 2 is 2.21 bits per heavy atom. The van der Waals surface area contributed by atoms with Crippen molar-refractivity contribution >= 4 is 11.5 Å². The summed E-state index contributed by atoms with van der Waals surface area (Å²) in [7, 11) is 0. The average Bonchev–Trinajstić information content (AvgIpc) is 3.05. The summed E-state index contributed by atoms with van der Waals surface area (Å²) >= 11 is 1.49. The Balaban J connectivity index is 1.80. The molecule has 1 saturated heterocycles. The lowest BCUT2D eigenvalue weighted by Crippen LogP contribution is -2.13. The van der Waals surface area contributed by atoms with Gasteiger partial charge in [-0.25, -0.2) is 0 Å². The highest BCUT2D eigenvalue weighted by Gasteiger charge is 2.26. The van der Waals surface area contributed by atoms with Crippen LogP contribution in [-0.2, 0) is 6.42 Å². The lowest BCUT2D eigenvalue weighted by atomic mass is 9.95. The number of hydrogen-bond donors (Lipinski definition) is 1. The number of nitrogens with zero attached hydrogens (tertiary/aromatic N) is 3. The highest BCUT2D eigenvalue weighted by molar-refractivity contribution is 7.06. The largest absolute Gasteiger partial charge is 0.339 e. The summed E-state index contributed by atoms with van der Waals surface area (Å²) in [6, 6.07) is 0. The minimum absolute atomic E-state index is 0.594. The summed E-state index contributed by atoms with van der Waals surface area (Å²) in [5.74, 6) is 2.68. The zero-order valence-electron chi connectivity index (χ0n) is 11.4. The molecule has 3 rings (SSSR count). The highest BCUT2D eigenvalue weighted by atomic mass is 32.1. The maximum Gasteiger partial charge on any atom is 0.227 e. The molecule has 0 radical (unpaired) electrons. The zero-order valence-corrected chi connectivity index (χ0v) is 12.3. The average molecular weight is 278 g/mol. The van der Waals surface area contributed by atoms with Gasteiger partial charge in [-0.15, -0.1) is 0 Å². The van der Waals surface area contributed by atoms with E-state index >= 15 is 0 Å². The second-order valence-corrected chi connectivity index (χ2v) is 6.29. The van der Waals surface area contributed by atoms with Gasteiger partial charge in [0.15, 0.2) is 0 Å². The van der Waals surface area contributed by atoms with Gasteiger partial charge < -0.3 is 9.84 Å². The van der Waals surface area contributed by atoms with Gasteiger partial charge in [0.2, 0.25) is 11.7 Å². The lowest BCUT2D eigenvalue weighted by Gasteiger charge is -2.10. The van der Waals surface area contributed by atoms with Crippen LogP contribution < -0.4 is 5.32 Å². The van der Waals surface area contributed by atoms with Gasteiger partial charge in [0.05, 0.1) is 11.3 Å². The second kappa shape index (κ2) is 5.02. The van der Waals surface area contributed by atoms with Crippen molar-refractivity contribution in [1.82, 2.24) is 19.8 Å². The molecule has 5 nitrogen and oxygen atoms in total. The van der Waals surface area contributed by atoms with Crippen LogP contribution in [0.2, 0.25) is 0 Å². The summed E-state index contributed by atoms with van der Waals surface area (Å²) in [5, 5.41) is 7.50. The van der Waals surface area contributed by atoms with Crippen molar-refractivity contribution in [2.45, 2.75) is 27.2 Å². The van der Waals surface area contributed by atoms with Crippen molar-refractivity contribution in [2.75, 3.05) is 13.1 Å². The molecule has 2 aromatic rings. The summed E-state index contributed by atoms with van der Waals surface area (Å²) in [4.78, 5) is 5.67. The minimum Gasteiger partial charge on any atom is -0.339 e. The van der Waals surface area contributed by atoms with Gasteiger partial charge in [0.1, 0.15) is 0 Å². The molecule has 2 aromatic heterocycles. The van der Waals surface area contributed by atoms with E-state index in [9.17, 15) is 0 Å². The van der Waals surface area contributed by atoms with Crippen molar-refractivity contribution in [2.24, 2.45) is 11.8 Å². The third-order valence-electron chi connectivity index (χ3n) is 3.84. The third kappa shape index (κ3) is 2.42. The molecule has 0 aliphatic carbocycles. The van der Waals surface area contributed by atoms with Crippen LogP contribution in [0.15, 0.2) is 4.52 Å². The highest BCUT2D eigenvalue weighted by Crippen LogP contribution is 2.28. The zero-order chi connectivity index (χ0) is 13.4. The Hall–Kier alpha value is -1.27. The minimum atomic E-state index is 0.594. The SMILES string of the molecule is Cc1nsc(C)c1-c1noc(C[C@@H]2CNC[C@H]2C)n1. The van der Waals surface area contributed by atoms with E-state index in [1.165, 1.54) is 11.5 Å². The molecule has 1 N–H and O–H groups in total. The first kappa shape index (κ1) is 12.7. The molecule has 3 heterocycles. The number of hydrogen-bond acceptors (Lipinski definition) is 6. The van der Waals surface area contributed by atoms with Crippen molar-refractivity contribution in [3.05, 3.63) is 16.5 Å². The summed E-state index contributed by atoms with van der Waals surface area (Å²) in [6.45, 7) is 8.41. The first-order chi connectivity index (χ1) is 9.15. The van der Waals surface area contributed by atoms with E-state index in [0.717, 1.165) is 41.5 Å². The Bertz CT molecular complexity index is 557. The molecule has 0 aromatic carbocycles. The molecule has 0 bridgehead atoms.